The van der Waals surface area contributed by atoms with Gasteiger partial charge in [0.05, 0.1) is 23.5 Å². The van der Waals surface area contributed by atoms with E-state index in [-0.39, 0.29) is 0 Å². The number of alkyl halides is 1. The zero-order valence-electron chi connectivity index (χ0n) is 11.5. The highest BCUT2D eigenvalue weighted by Gasteiger charge is 2.09. The Kier molecular flexibility index (Phi) is 4.93. The lowest BCUT2D eigenvalue weighted by Crippen LogP contribution is -2.04. The van der Waals surface area contributed by atoms with Gasteiger partial charge in [0, 0.05) is 25.0 Å². The molecule has 0 fully saturated rings. The highest BCUT2D eigenvalue weighted by atomic mass is 35.5. The third kappa shape index (κ3) is 3.34. The highest BCUT2D eigenvalue weighted by molar-refractivity contribution is 7.98. The van der Waals surface area contributed by atoms with Gasteiger partial charge in [0.2, 0.25) is 0 Å². The number of hydrogen-bond donors (Lipinski definition) is 0. The second-order valence-corrected chi connectivity index (χ2v) is 5.77. The Balaban J connectivity index is 1.98. The van der Waals surface area contributed by atoms with Crippen molar-refractivity contribution in [1.82, 2.24) is 19.3 Å². The fourth-order valence-electron chi connectivity index (χ4n) is 1.71. The van der Waals surface area contributed by atoms with Crippen LogP contribution in [0, 0.1) is 0 Å². The largest absolute Gasteiger partial charge is 0.325 e. The molecule has 0 aliphatic rings. The van der Waals surface area contributed by atoms with Crippen LogP contribution in [-0.2, 0) is 18.7 Å². The van der Waals surface area contributed by atoms with Crippen molar-refractivity contribution in [2.24, 2.45) is 7.05 Å². The average Bonchev–Trinajstić information content (AvgIpc) is 3.02. The Morgan fingerprint density at radius 2 is 2.26 bits per heavy atom. The molecule has 0 radical (unpaired) electrons. The molecule has 0 aromatic carbocycles. The van der Waals surface area contributed by atoms with Gasteiger partial charge in [-0.3, -0.25) is 4.68 Å². The van der Waals surface area contributed by atoms with Crippen LogP contribution in [0.2, 0.25) is 0 Å². The second-order valence-electron chi connectivity index (χ2n) is 4.56. The monoisotopic (exact) mass is 298 g/mol. The Bertz CT molecular complexity index is 534. The van der Waals surface area contributed by atoms with Crippen LogP contribution in [0.15, 0.2) is 23.6 Å². The van der Waals surface area contributed by atoms with Crippen molar-refractivity contribution in [3.8, 4) is 0 Å². The molecule has 0 spiro atoms. The molecule has 0 amide bonds. The van der Waals surface area contributed by atoms with E-state index in [0.29, 0.717) is 11.9 Å². The second kappa shape index (κ2) is 6.48. The van der Waals surface area contributed by atoms with Gasteiger partial charge in [0.1, 0.15) is 0 Å². The molecule has 0 saturated carbocycles. The van der Waals surface area contributed by atoms with E-state index in [2.05, 4.69) is 30.0 Å². The first-order valence-electron chi connectivity index (χ1n) is 6.39. The summed E-state index contributed by atoms with van der Waals surface area (Å²) in [5, 5.41) is 5.57. The lowest BCUT2D eigenvalue weighted by Gasteiger charge is -2.08. The highest BCUT2D eigenvalue weighted by Crippen LogP contribution is 2.22. The van der Waals surface area contributed by atoms with Crippen molar-refractivity contribution in [1.29, 1.82) is 0 Å². The summed E-state index contributed by atoms with van der Waals surface area (Å²) in [6.45, 7) is 4.35. The zero-order valence-corrected chi connectivity index (χ0v) is 13.1. The Hall–Kier alpha value is -0.940. The quantitative estimate of drug-likeness (QED) is 0.603. The van der Waals surface area contributed by atoms with Crippen molar-refractivity contribution in [3.63, 3.8) is 0 Å². The predicted molar refractivity (Wildman–Crippen MR) is 79.6 cm³/mol. The molecule has 2 aromatic rings. The van der Waals surface area contributed by atoms with E-state index in [1.165, 1.54) is 0 Å². The smallest absolute Gasteiger partial charge is 0.168 e. The third-order valence-electron chi connectivity index (χ3n) is 3.23. The average molecular weight is 299 g/mol. The molecule has 0 saturated heterocycles. The molecule has 0 aliphatic carbocycles. The predicted octanol–water partition coefficient (Wildman–Crippen LogP) is 3.62. The minimum atomic E-state index is 0.453. The Morgan fingerprint density at radius 3 is 2.89 bits per heavy atom. The van der Waals surface area contributed by atoms with E-state index in [1.54, 1.807) is 11.8 Å². The molecule has 0 aliphatic heterocycles. The standard InChI is InChI=1S/C13H19ClN4S/c1-4-10(2)18-6-5-11(16-18)9-19-13-15-8-12(7-14)17(13)3/h5-6,8,10H,4,7,9H2,1-3H3. The number of nitrogens with zero attached hydrogens (tertiary/aromatic N) is 4. The molecular formula is C13H19ClN4S. The number of rotatable bonds is 6. The first-order valence-corrected chi connectivity index (χ1v) is 7.91. The van der Waals surface area contributed by atoms with Crippen molar-refractivity contribution < 1.29 is 0 Å². The van der Waals surface area contributed by atoms with Crippen LogP contribution in [0.1, 0.15) is 37.7 Å². The van der Waals surface area contributed by atoms with Gasteiger partial charge in [-0.2, -0.15) is 5.10 Å². The Morgan fingerprint density at radius 1 is 1.47 bits per heavy atom. The van der Waals surface area contributed by atoms with Crippen LogP contribution in [0.5, 0.6) is 0 Å². The number of thioether (sulfide) groups is 1. The SMILES string of the molecule is CCC(C)n1ccc(CSc2ncc(CCl)n2C)n1. The summed E-state index contributed by atoms with van der Waals surface area (Å²) in [5.41, 5.74) is 2.12. The molecule has 19 heavy (non-hydrogen) atoms. The van der Waals surface area contributed by atoms with E-state index >= 15 is 0 Å². The van der Waals surface area contributed by atoms with E-state index in [4.69, 9.17) is 11.6 Å². The minimum absolute atomic E-state index is 0.453. The third-order valence-corrected chi connectivity index (χ3v) is 4.59. The zero-order chi connectivity index (χ0) is 13.8. The summed E-state index contributed by atoms with van der Waals surface area (Å²) in [6.07, 6.45) is 4.96. The molecular weight excluding hydrogens is 280 g/mol. The normalized spacial score (nSPS) is 12.8. The van der Waals surface area contributed by atoms with Crippen LogP contribution in [0.25, 0.3) is 0 Å². The summed E-state index contributed by atoms with van der Waals surface area (Å²) in [4.78, 5) is 4.37. The molecule has 6 heteroatoms. The van der Waals surface area contributed by atoms with Crippen LogP contribution < -0.4 is 0 Å². The number of hydrogen-bond acceptors (Lipinski definition) is 3. The fraction of sp³-hybridized carbons (Fsp3) is 0.538. The van der Waals surface area contributed by atoms with E-state index in [1.807, 2.05) is 28.7 Å². The molecule has 0 bridgehead atoms. The number of aromatic nitrogens is 4. The summed E-state index contributed by atoms with van der Waals surface area (Å²) in [5.74, 6) is 1.32. The van der Waals surface area contributed by atoms with Gasteiger partial charge in [-0.05, 0) is 19.4 Å². The maximum absolute atomic E-state index is 5.83. The first-order chi connectivity index (χ1) is 9.15. The van der Waals surface area contributed by atoms with Gasteiger partial charge in [0.15, 0.2) is 5.16 Å². The number of imidazole rings is 1. The molecule has 104 valence electrons. The molecule has 2 aromatic heterocycles. The van der Waals surface area contributed by atoms with Crippen LogP contribution in [-0.4, -0.2) is 19.3 Å². The summed E-state index contributed by atoms with van der Waals surface area (Å²) in [7, 11) is 1.99. The van der Waals surface area contributed by atoms with Crippen molar-refractivity contribution >= 4 is 23.4 Å². The van der Waals surface area contributed by atoms with E-state index < -0.39 is 0 Å². The maximum atomic E-state index is 5.83. The Labute approximate surface area is 123 Å². The molecule has 1 atom stereocenters. The van der Waals surface area contributed by atoms with Crippen LogP contribution in [0.3, 0.4) is 0 Å². The first kappa shape index (κ1) is 14.5. The van der Waals surface area contributed by atoms with Crippen LogP contribution in [0.4, 0.5) is 0 Å². The molecule has 1 unspecified atom stereocenters. The number of halogens is 1. The van der Waals surface area contributed by atoms with Gasteiger partial charge in [-0.1, -0.05) is 18.7 Å². The van der Waals surface area contributed by atoms with Gasteiger partial charge in [0.25, 0.3) is 0 Å². The summed E-state index contributed by atoms with van der Waals surface area (Å²) in [6, 6.07) is 2.53. The maximum Gasteiger partial charge on any atom is 0.168 e. The van der Waals surface area contributed by atoms with Crippen molar-refractivity contribution in [2.45, 2.75) is 43.1 Å². The minimum Gasteiger partial charge on any atom is -0.325 e. The van der Waals surface area contributed by atoms with Gasteiger partial charge >= 0.3 is 0 Å². The topological polar surface area (TPSA) is 35.6 Å². The van der Waals surface area contributed by atoms with E-state index in [9.17, 15) is 0 Å². The van der Waals surface area contributed by atoms with Crippen molar-refractivity contribution in [3.05, 3.63) is 29.8 Å². The molecule has 2 heterocycles. The van der Waals surface area contributed by atoms with Gasteiger partial charge in [-0.15, -0.1) is 11.6 Å². The van der Waals surface area contributed by atoms with Gasteiger partial charge in [-0.25, -0.2) is 4.98 Å². The summed E-state index contributed by atoms with van der Waals surface area (Å²) >= 11 is 7.52. The molecule has 2 rings (SSSR count). The lowest BCUT2D eigenvalue weighted by molar-refractivity contribution is 0.475. The molecule has 0 N–H and O–H groups in total. The fourth-order valence-corrected chi connectivity index (χ4v) is 2.83. The van der Waals surface area contributed by atoms with Crippen molar-refractivity contribution in [2.75, 3.05) is 0 Å². The summed E-state index contributed by atoms with van der Waals surface area (Å²) < 4.78 is 4.06. The van der Waals surface area contributed by atoms with Crippen LogP contribution >= 0.6 is 23.4 Å². The molecule has 4 nitrogen and oxygen atoms in total. The lowest BCUT2D eigenvalue weighted by atomic mass is 10.3. The van der Waals surface area contributed by atoms with E-state index in [0.717, 1.165) is 28.7 Å². The van der Waals surface area contributed by atoms with Gasteiger partial charge < -0.3 is 4.57 Å².